The van der Waals surface area contributed by atoms with Crippen LogP contribution in [-0.2, 0) is 10.0 Å². The predicted octanol–water partition coefficient (Wildman–Crippen LogP) is 1.73. The first-order valence-electron chi connectivity index (χ1n) is 9.47. The second-order valence-electron chi connectivity index (χ2n) is 7.86. The standard InChI is InChI=1S/C20H25N3O4S/c1-22(2)14-7-6-13(12-24)10-23(11-14)28(26,27)18-9-8-17-19-15(18)4-3-5-16(19)20(25)21-17/h3-5,8-9,13-14,24H,6-7,10-12H2,1-2H3,(H,21,25)/t13-,14+/m0/s1. The Labute approximate surface area is 165 Å². The second-order valence-corrected chi connectivity index (χ2v) is 9.77. The number of aliphatic hydroxyl groups is 1. The van der Waals surface area contributed by atoms with Gasteiger partial charge in [-0.15, -0.1) is 0 Å². The van der Waals surface area contributed by atoms with E-state index in [4.69, 9.17) is 0 Å². The van der Waals surface area contributed by atoms with Crippen molar-refractivity contribution < 1.29 is 18.3 Å². The molecule has 7 nitrogen and oxygen atoms in total. The molecule has 4 rings (SSSR count). The summed E-state index contributed by atoms with van der Waals surface area (Å²) >= 11 is 0. The van der Waals surface area contributed by atoms with Crippen LogP contribution < -0.4 is 5.32 Å². The number of carbonyl (C=O) groups is 1. The van der Waals surface area contributed by atoms with Gasteiger partial charge in [-0.05, 0) is 51.1 Å². The Balaban J connectivity index is 1.82. The van der Waals surface area contributed by atoms with Gasteiger partial charge in [0.1, 0.15) is 0 Å². The molecule has 0 unspecified atom stereocenters. The molecule has 1 saturated heterocycles. The number of hydrogen-bond acceptors (Lipinski definition) is 5. The van der Waals surface area contributed by atoms with Crippen molar-refractivity contribution in [2.45, 2.75) is 23.8 Å². The number of hydrogen-bond donors (Lipinski definition) is 2. The van der Waals surface area contributed by atoms with E-state index in [1.54, 1.807) is 30.3 Å². The number of anilines is 1. The Morgan fingerprint density at radius 3 is 2.68 bits per heavy atom. The highest BCUT2D eigenvalue weighted by Crippen LogP contribution is 2.38. The minimum atomic E-state index is -3.79. The molecule has 2 atom stereocenters. The molecule has 2 aliphatic rings. The first-order valence-corrected chi connectivity index (χ1v) is 10.9. The van der Waals surface area contributed by atoms with Gasteiger partial charge in [0.05, 0.1) is 4.90 Å². The van der Waals surface area contributed by atoms with E-state index in [2.05, 4.69) is 5.32 Å². The maximum absolute atomic E-state index is 13.6. The SMILES string of the molecule is CN(C)[C@@H]1CC[C@H](CO)CN(S(=O)(=O)c2ccc3c4c(cccc24)C(=O)N3)C1. The van der Waals surface area contributed by atoms with Crippen molar-refractivity contribution in [3.8, 4) is 0 Å². The van der Waals surface area contributed by atoms with E-state index in [1.807, 2.05) is 19.0 Å². The molecule has 0 aliphatic carbocycles. The minimum absolute atomic E-state index is 0.0333. The first kappa shape index (κ1) is 19.3. The molecule has 0 aromatic heterocycles. The van der Waals surface area contributed by atoms with Crippen LogP contribution in [0.3, 0.4) is 0 Å². The molecular formula is C20H25N3O4S. The van der Waals surface area contributed by atoms with Crippen molar-refractivity contribution in [2.24, 2.45) is 5.92 Å². The summed E-state index contributed by atoms with van der Waals surface area (Å²) in [6.45, 7) is 0.643. The van der Waals surface area contributed by atoms with Crippen LogP contribution in [0.15, 0.2) is 35.2 Å². The summed E-state index contributed by atoms with van der Waals surface area (Å²) in [5, 5.41) is 13.7. The number of nitrogens with zero attached hydrogens (tertiary/aromatic N) is 2. The van der Waals surface area contributed by atoms with Gasteiger partial charge in [-0.2, -0.15) is 4.31 Å². The minimum Gasteiger partial charge on any atom is -0.396 e. The lowest BCUT2D eigenvalue weighted by molar-refractivity contribution is 0.103. The van der Waals surface area contributed by atoms with Gasteiger partial charge >= 0.3 is 0 Å². The van der Waals surface area contributed by atoms with Crippen LogP contribution in [0, 0.1) is 5.92 Å². The lowest BCUT2D eigenvalue weighted by Crippen LogP contribution is -2.42. The molecule has 28 heavy (non-hydrogen) atoms. The van der Waals surface area contributed by atoms with Gasteiger partial charge in [0.25, 0.3) is 5.91 Å². The van der Waals surface area contributed by atoms with Crippen molar-refractivity contribution in [2.75, 3.05) is 39.1 Å². The highest BCUT2D eigenvalue weighted by Gasteiger charge is 2.35. The number of sulfonamides is 1. The van der Waals surface area contributed by atoms with Crippen LogP contribution in [-0.4, -0.2) is 68.5 Å². The lowest BCUT2D eigenvalue weighted by Gasteiger charge is -2.28. The summed E-state index contributed by atoms with van der Waals surface area (Å²) < 4.78 is 28.8. The summed E-state index contributed by atoms with van der Waals surface area (Å²) in [5.41, 5.74) is 1.14. The normalized spacial score (nSPS) is 23.2. The number of rotatable bonds is 4. The van der Waals surface area contributed by atoms with Gasteiger partial charge in [-0.1, -0.05) is 12.1 Å². The van der Waals surface area contributed by atoms with E-state index in [0.29, 0.717) is 35.1 Å². The summed E-state index contributed by atoms with van der Waals surface area (Å²) in [5.74, 6) is -0.294. The van der Waals surface area contributed by atoms with E-state index < -0.39 is 10.0 Å². The molecule has 2 aromatic carbocycles. The summed E-state index contributed by atoms with van der Waals surface area (Å²) in [7, 11) is 0.111. The average molecular weight is 404 g/mol. The monoisotopic (exact) mass is 403 g/mol. The molecule has 0 saturated carbocycles. The molecule has 2 heterocycles. The third-order valence-corrected chi connectivity index (χ3v) is 7.77. The zero-order valence-electron chi connectivity index (χ0n) is 16.1. The zero-order valence-corrected chi connectivity index (χ0v) is 16.9. The molecule has 8 heteroatoms. The third kappa shape index (κ3) is 3.10. The fraction of sp³-hybridized carbons (Fsp3) is 0.450. The van der Waals surface area contributed by atoms with E-state index in [-0.39, 0.29) is 29.4 Å². The fourth-order valence-electron chi connectivity index (χ4n) is 4.20. The van der Waals surface area contributed by atoms with Crippen molar-refractivity contribution >= 4 is 32.4 Å². The van der Waals surface area contributed by atoms with E-state index in [9.17, 15) is 18.3 Å². The lowest BCUT2D eigenvalue weighted by atomic mass is 10.0. The molecule has 1 fully saturated rings. The molecule has 1 amide bonds. The van der Waals surface area contributed by atoms with Crippen molar-refractivity contribution in [1.82, 2.24) is 9.21 Å². The Morgan fingerprint density at radius 2 is 1.96 bits per heavy atom. The van der Waals surface area contributed by atoms with E-state index in [1.165, 1.54) is 4.31 Å². The van der Waals surface area contributed by atoms with Gasteiger partial charge in [-0.3, -0.25) is 4.79 Å². The maximum atomic E-state index is 13.6. The Morgan fingerprint density at radius 1 is 1.18 bits per heavy atom. The van der Waals surface area contributed by atoms with Crippen molar-refractivity contribution in [1.29, 1.82) is 0 Å². The van der Waals surface area contributed by atoms with Crippen molar-refractivity contribution in [3.05, 3.63) is 35.9 Å². The highest BCUT2D eigenvalue weighted by molar-refractivity contribution is 7.89. The molecule has 2 N–H and O–H groups in total. The van der Waals surface area contributed by atoms with E-state index in [0.717, 1.165) is 12.8 Å². The zero-order chi connectivity index (χ0) is 20.1. The molecule has 2 aromatic rings. The van der Waals surface area contributed by atoms with Gasteiger partial charge in [0, 0.05) is 47.8 Å². The third-order valence-electron chi connectivity index (χ3n) is 5.88. The number of aliphatic hydroxyl groups excluding tert-OH is 1. The maximum Gasteiger partial charge on any atom is 0.256 e. The highest BCUT2D eigenvalue weighted by atomic mass is 32.2. The number of carbonyl (C=O) groups excluding carboxylic acids is 1. The quantitative estimate of drug-likeness (QED) is 0.812. The van der Waals surface area contributed by atoms with Gasteiger partial charge in [-0.25, -0.2) is 8.42 Å². The number of amides is 1. The topological polar surface area (TPSA) is 90.0 Å². The smallest absolute Gasteiger partial charge is 0.256 e. The second kappa shape index (κ2) is 7.11. The molecule has 0 spiro atoms. The summed E-state index contributed by atoms with van der Waals surface area (Å²) in [6.07, 6.45) is 1.63. The first-order chi connectivity index (χ1) is 13.3. The summed E-state index contributed by atoms with van der Waals surface area (Å²) in [6, 6.07) is 8.50. The summed E-state index contributed by atoms with van der Waals surface area (Å²) in [4.78, 5) is 14.4. The van der Waals surface area contributed by atoms with Crippen LogP contribution in [0.25, 0.3) is 10.8 Å². The molecule has 2 aliphatic heterocycles. The Hall–Kier alpha value is -2.00. The largest absolute Gasteiger partial charge is 0.396 e. The van der Waals surface area contributed by atoms with Crippen LogP contribution >= 0.6 is 0 Å². The van der Waals surface area contributed by atoms with Crippen molar-refractivity contribution in [3.63, 3.8) is 0 Å². The van der Waals surface area contributed by atoms with Gasteiger partial charge in [0.15, 0.2) is 0 Å². The van der Waals surface area contributed by atoms with Crippen LogP contribution in [0.2, 0.25) is 0 Å². The number of likely N-dealkylation sites (N-methyl/N-ethyl adjacent to an activating group) is 1. The number of benzene rings is 2. The van der Waals surface area contributed by atoms with E-state index >= 15 is 0 Å². The molecule has 0 bridgehead atoms. The Bertz CT molecular complexity index is 1040. The fourth-order valence-corrected chi connectivity index (χ4v) is 5.94. The molecule has 0 radical (unpaired) electrons. The van der Waals surface area contributed by atoms with Crippen LogP contribution in [0.1, 0.15) is 23.2 Å². The molecular weight excluding hydrogens is 378 g/mol. The van der Waals surface area contributed by atoms with Gasteiger partial charge < -0.3 is 15.3 Å². The van der Waals surface area contributed by atoms with Gasteiger partial charge in [0.2, 0.25) is 10.0 Å². The Kier molecular flexibility index (Phi) is 4.91. The average Bonchev–Trinajstić information content (AvgIpc) is 2.86. The molecule has 150 valence electrons. The van der Waals surface area contributed by atoms with Crippen LogP contribution in [0.4, 0.5) is 5.69 Å². The van der Waals surface area contributed by atoms with Crippen LogP contribution in [0.5, 0.6) is 0 Å². The predicted molar refractivity (Wildman–Crippen MR) is 108 cm³/mol. The number of nitrogens with one attached hydrogen (secondary N) is 1.